The Balaban J connectivity index is 1.81. The quantitative estimate of drug-likeness (QED) is 0.173. The van der Waals surface area contributed by atoms with Gasteiger partial charge in [-0.3, -0.25) is 4.79 Å². The van der Waals surface area contributed by atoms with Crippen LogP contribution in [0.15, 0.2) is 77.2 Å². The first-order chi connectivity index (χ1) is 16.6. The van der Waals surface area contributed by atoms with Crippen LogP contribution in [-0.2, 0) is 14.0 Å². The van der Waals surface area contributed by atoms with Crippen molar-refractivity contribution in [1.29, 1.82) is 0 Å². The molecular weight excluding hydrogens is 562 g/mol. The lowest BCUT2D eigenvalue weighted by molar-refractivity contribution is -0.274. The number of halogens is 6. The summed E-state index contributed by atoms with van der Waals surface area (Å²) in [5.41, 5.74) is -1.53. The van der Waals surface area contributed by atoms with Gasteiger partial charge in [0.15, 0.2) is 4.90 Å². The van der Waals surface area contributed by atoms with E-state index in [0.717, 1.165) is 48.5 Å². The molecule has 16 heteroatoms. The van der Waals surface area contributed by atoms with Crippen LogP contribution < -0.4 is 15.1 Å². The number of benzene rings is 2. The second kappa shape index (κ2) is 9.10. The molecule has 7 nitrogen and oxygen atoms in total. The highest BCUT2D eigenvalue weighted by atomic mass is 32.2. The van der Waals surface area contributed by atoms with Crippen LogP contribution >= 0.6 is 23.4 Å². The summed E-state index contributed by atoms with van der Waals surface area (Å²) in [5, 5.41) is -0.185. The van der Waals surface area contributed by atoms with Crippen molar-refractivity contribution in [3.8, 4) is 5.75 Å². The van der Waals surface area contributed by atoms with Crippen LogP contribution in [0.2, 0.25) is 0 Å². The highest BCUT2D eigenvalue weighted by molar-refractivity contribution is 7.94. The molecule has 0 aliphatic rings. The summed E-state index contributed by atoms with van der Waals surface area (Å²) < 4.78 is 112. The Kier molecular flexibility index (Phi) is 6.57. The normalized spacial score (nSPS) is 12.8. The first kappa shape index (κ1) is 26.0. The molecule has 2 aromatic carbocycles. The van der Waals surface area contributed by atoms with Gasteiger partial charge in [-0.2, -0.15) is 0 Å². The summed E-state index contributed by atoms with van der Waals surface area (Å²) in [6, 6.07) is 7.86. The van der Waals surface area contributed by atoms with Crippen molar-refractivity contribution in [1.82, 2.24) is 0 Å². The molecule has 0 fully saturated rings. The smallest absolute Gasteiger partial charge is 0.422 e. The Bertz CT molecular complexity index is 1710. The van der Waals surface area contributed by atoms with Crippen molar-refractivity contribution in [2.75, 3.05) is 0 Å². The Labute approximate surface area is 204 Å². The molecule has 0 unspecified atom stereocenters. The maximum atomic E-state index is 13.2. The van der Waals surface area contributed by atoms with E-state index in [1.165, 1.54) is 0 Å². The highest BCUT2D eigenvalue weighted by Gasteiger charge is 2.32. The van der Waals surface area contributed by atoms with Gasteiger partial charge in [0.2, 0.25) is 9.84 Å². The molecule has 0 saturated carbocycles. The van der Waals surface area contributed by atoms with Crippen molar-refractivity contribution in [3.05, 3.63) is 68.5 Å². The van der Waals surface area contributed by atoms with Gasteiger partial charge in [-0.25, -0.2) is 17.4 Å². The zero-order chi connectivity index (χ0) is 26.5. The molecule has 0 radical (unpaired) electrons. The first-order valence-electron chi connectivity index (χ1n) is 9.21. The van der Waals surface area contributed by atoms with E-state index in [1.54, 1.807) is 0 Å². The molecule has 0 N–H and O–H groups in total. The summed E-state index contributed by atoms with van der Waals surface area (Å²) in [6.07, 6.45) is -9.97. The lowest BCUT2D eigenvalue weighted by Crippen LogP contribution is -2.19. The van der Waals surface area contributed by atoms with Crippen LogP contribution in [0.25, 0.3) is 21.1 Å². The maximum absolute atomic E-state index is 13.2. The topological polar surface area (TPSA) is 99.9 Å². The third-order valence-corrected chi connectivity index (χ3v) is 7.98. The Morgan fingerprint density at radius 1 is 0.833 bits per heavy atom. The van der Waals surface area contributed by atoms with Crippen LogP contribution in [0.4, 0.5) is 26.3 Å². The molecule has 2 aromatic heterocycles. The van der Waals surface area contributed by atoms with Crippen molar-refractivity contribution in [2.24, 2.45) is 0 Å². The summed E-state index contributed by atoms with van der Waals surface area (Å²) >= 11 is 0.337. The van der Waals surface area contributed by atoms with E-state index in [2.05, 4.69) is 8.92 Å². The minimum atomic E-state index is -5.02. The minimum absolute atomic E-state index is 0.0694. The number of alkyl halides is 6. The van der Waals surface area contributed by atoms with Gasteiger partial charge in [0.05, 0.1) is 0 Å². The first-order valence-corrected chi connectivity index (χ1v) is 12.3. The summed E-state index contributed by atoms with van der Waals surface area (Å²) in [7, 11) is -4.87. The third-order valence-electron chi connectivity index (χ3n) is 4.39. The molecule has 0 aliphatic carbocycles. The van der Waals surface area contributed by atoms with Crippen LogP contribution in [0.5, 0.6) is 5.75 Å². The van der Waals surface area contributed by atoms with Gasteiger partial charge in [0, 0.05) is 27.0 Å². The zero-order valence-corrected chi connectivity index (χ0v) is 19.4. The Hall–Kier alpha value is -3.08. The fourth-order valence-corrected chi connectivity index (χ4v) is 5.96. The SMILES string of the molecule is O=c1oc2ccc(SOC(F)(F)F)cc2cc1S(=O)(=O)c1cc2cc(OC(F)(F)F)ccc2sc1=O. The van der Waals surface area contributed by atoms with Crippen LogP contribution in [0, 0.1) is 0 Å². The number of fused-ring (bicyclic) bond motifs is 2. The molecule has 0 atom stereocenters. The van der Waals surface area contributed by atoms with Crippen LogP contribution in [-0.4, -0.2) is 21.1 Å². The van der Waals surface area contributed by atoms with E-state index >= 15 is 0 Å². The molecule has 4 rings (SSSR count). The summed E-state index contributed by atoms with van der Waals surface area (Å²) in [5.74, 6) is -0.666. The molecule has 0 saturated heterocycles. The van der Waals surface area contributed by atoms with Crippen molar-refractivity contribution in [3.63, 3.8) is 0 Å². The van der Waals surface area contributed by atoms with Gasteiger partial charge in [0.1, 0.15) is 16.2 Å². The average molecular weight is 570 g/mol. The van der Waals surface area contributed by atoms with E-state index in [1.807, 2.05) is 0 Å². The molecule has 190 valence electrons. The van der Waals surface area contributed by atoms with Crippen molar-refractivity contribution >= 4 is 54.3 Å². The lowest BCUT2D eigenvalue weighted by atomic mass is 10.2. The molecule has 0 spiro atoms. The molecule has 0 amide bonds. The van der Waals surface area contributed by atoms with Gasteiger partial charge in [0.25, 0.3) is 4.74 Å². The molecule has 4 aromatic rings. The van der Waals surface area contributed by atoms with Crippen molar-refractivity contribution < 1.29 is 48.1 Å². The monoisotopic (exact) mass is 570 g/mol. The zero-order valence-electron chi connectivity index (χ0n) is 17.0. The second-order valence-corrected chi connectivity index (χ2v) is 10.6. The molecule has 0 aliphatic heterocycles. The van der Waals surface area contributed by atoms with Crippen LogP contribution in [0.1, 0.15) is 0 Å². The van der Waals surface area contributed by atoms with E-state index in [4.69, 9.17) is 4.42 Å². The molecule has 0 bridgehead atoms. The number of hydrogen-bond acceptors (Lipinski definition) is 9. The Morgan fingerprint density at radius 3 is 2.19 bits per heavy atom. The third kappa shape index (κ3) is 5.66. The standard InChI is InChI=1S/C20H8F6O7S3/c21-19(22,23)32-11-1-4-14-10(5-11)8-16(18(28)34-14)36(29,30)15-7-9-6-12(35-33-20(24,25)26)2-3-13(9)31-17(15)27/h1-8H. The maximum Gasteiger partial charge on any atom is 0.573 e. The highest BCUT2D eigenvalue weighted by Crippen LogP contribution is 2.32. The van der Waals surface area contributed by atoms with E-state index in [0.29, 0.717) is 11.3 Å². The van der Waals surface area contributed by atoms with Gasteiger partial charge in [-0.05, 0) is 53.9 Å². The molecular formula is C20H8F6O7S3. The predicted octanol–water partition coefficient (Wildman–Crippen LogP) is 5.64. The van der Waals surface area contributed by atoms with E-state index < -0.39 is 48.5 Å². The lowest BCUT2D eigenvalue weighted by Gasteiger charge is -2.10. The minimum Gasteiger partial charge on any atom is -0.422 e. The fraction of sp³-hybridized carbons (Fsp3) is 0.100. The average Bonchev–Trinajstić information content (AvgIpc) is 2.75. The number of sulfone groups is 1. The largest absolute Gasteiger partial charge is 0.573 e. The van der Waals surface area contributed by atoms with Gasteiger partial charge in [-0.1, -0.05) is 11.3 Å². The predicted molar refractivity (Wildman–Crippen MR) is 116 cm³/mol. The van der Waals surface area contributed by atoms with E-state index in [9.17, 15) is 44.3 Å². The second-order valence-electron chi connectivity index (χ2n) is 6.86. The van der Waals surface area contributed by atoms with E-state index in [-0.39, 0.29) is 38.0 Å². The van der Waals surface area contributed by atoms with Crippen LogP contribution in [0.3, 0.4) is 0 Å². The van der Waals surface area contributed by atoms with Crippen molar-refractivity contribution in [2.45, 2.75) is 27.4 Å². The summed E-state index contributed by atoms with van der Waals surface area (Å²) in [6.45, 7) is 0. The number of rotatable bonds is 5. The fourth-order valence-electron chi connectivity index (χ4n) is 3.00. The van der Waals surface area contributed by atoms with Gasteiger partial charge < -0.3 is 9.15 Å². The molecule has 2 heterocycles. The number of ether oxygens (including phenoxy) is 1. The number of hydrogen-bond donors (Lipinski definition) is 0. The van der Waals surface area contributed by atoms with Gasteiger partial charge in [-0.15, -0.1) is 26.3 Å². The molecule has 36 heavy (non-hydrogen) atoms. The Morgan fingerprint density at radius 2 is 1.53 bits per heavy atom. The summed E-state index contributed by atoms with van der Waals surface area (Å²) in [4.78, 5) is 22.9. The van der Waals surface area contributed by atoms with Gasteiger partial charge >= 0.3 is 18.4 Å².